The third-order valence-corrected chi connectivity index (χ3v) is 8.49. The number of benzene rings is 1. The maximum Gasteiger partial charge on any atom is 0.265 e. The van der Waals surface area contributed by atoms with Crippen molar-refractivity contribution in [2.24, 2.45) is 0 Å². The first-order valence-corrected chi connectivity index (χ1v) is 9.62. The molecule has 19 heavy (non-hydrogen) atoms. The quantitative estimate of drug-likeness (QED) is 0.613. The molecule has 0 unspecified atom stereocenters. The third kappa shape index (κ3) is 3.75. The van der Waals surface area contributed by atoms with Crippen LogP contribution in [0.1, 0.15) is 32.8 Å². The lowest BCUT2D eigenvalue weighted by atomic mass is 10.2. The molecule has 0 fully saturated rings. The SMILES string of the molecule is CC(C)(C)[Si](C)(C)Oc1cc(Br)c(C(F)F)cc1F. The van der Waals surface area contributed by atoms with Gasteiger partial charge in [0, 0.05) is 10.0 Å². The van der Waals surface area contributed by atoms with Gasteiger partial charge in [-0.25, -0.2) is 13.2 Å². The summed E-state index contributed by atoms with van der Waals surface area (Å²) in [6, 6.07) is 2.12. The second kappa shape index (κ2) is 5.48. The molecule has 0 spiro atoms. The maximum atomic E-state index is 13.9. The summed E-state index contributed by atoms with van der Waals surface area (Å²) in [5.41, 5.74) is -0.361. The van der Waals surface area contributed by atoms with Gasteiger partial charge in [-0.05, 0) is 30.3 Å². The number of rotatable bonds is 3. The van der Waals surface area contributed by atoms with Gasteiger partial charge in [0.1, 0.15) is 5.75 Å². The van der Waals surface area contributed by atoms with Crippen LogP contribution in [0.2, 0.25) is 18.1 Å². The Hall–Kier alpha value is -0.493. The molecule has 0 saturated heterocycles. The van der Waals surface area contributed by atoms with E-state index >= 15 is 0 Å². The second-order valence-corrected chi connectivity index (χ2v) is 11.5. The fraction of sp³-hybridized carbons (Fsp3) is 0.538. The van der Waals surface area contributed by atoms with E-state index in [-0.39, 0.29) is 20.8 Å². The van der Waals surface area contributed by atoms with Crippen LogP contribution in [0.25, 0.3) is 0 Å². The molecule has 0 aliphatic heterocycles. The van der Waals surface area contributed by atoms with Crippen LogP contribution >= 0.6 is 15.9 Å². The van der Waals surface area contributed by atoms with E-state index in [0.29, 0.717) is 0 Å². The molecule has 0 aliphatic rings. The standard InChI is InChI=1S/C13H18BrF3OSi/c1-13(2,3)19(4,5)18-11-7-9(14)8(12(16)17)6-10(11)15/h6-7,12H,1-5H3. The van der Waals surface area contributed by atoms with Crippen molar-refractivity contribution in [3.05, 3.63) is 28.0 Å². The molecule has 0 aliphatic carbocycles. The van der Waals surface area contributed by atoms with Gasteiger partial charge in [0.25, 0.3) is 14.7 Å². The largest absolute Gasteiger partial charge is 0.542 e. The van der Waals surface area contributed by atoms with E-state index in [1.165, 1.54) is 6.07 Å². The van der Waals surface area contributed by atoms with Crippen LogP contribution in [0, 0.1) is 5.82 Å². The molecular formula is C13H18BrF3OSi. The van der Waals surface area contributed by atoms with Crippen molar-refractivity contribution in [2.45, 2.75) is 45.3 Å². The Morgan fingerprint density at radius 2 is 1.74 bits per heavy atom. The fourth-order valence-electron chi connectivity index (χ4n) is 1.22. The summed E-state index contributed by atoms with van der Waals surface area (Å²) in [6.07, 6.45) is -2.72. The van der Waals surface area contributed by atoms with Crippen LogP contribution in [-0.2, 0) is 0 Å². The molecule has 1 rings (SSSR count). The average Bonchev–Trinajstić information content (AvgIpc) is 2.20. The van der Waals surface area contributed by atoms with E-state index in [9.17, 15) is 13.2 Å². The van der Waals surface area contributed by atoms with Gasteiger partial charge in [0.2, 0.25) is 0 Å². The van der Waals surface area contributed by atoms with Crippen molar-refractivity contribution in [3.63, 3.8) is 0 Å². The summed E-state index contributed by atoms with van der Waals surface area (Å²) < 4.78 is 45.1. The Balaban J connectivity index is 3.14. The van der Waals surface area contributed by atoms with E-state index in [0.717, 1.165) is 6.07 Å². The predicted molar refractivity (Wildman–Crippen MR) is 76.9 cm³/mol. The second-order valence-electron chi connectivity index (χ2n) is 5.97. The van der Waals surface area contributed by atoms with E-state index < -0.39 is 20.6 Å². The third-order valence-electron chi connectivity index (χ3n) is 3.46. The zero-order valence-electron chi connectivity index (χ0n) is 11.7. The molecule has 108 valence electrons. The van der Waals surface area contributed by atoms with Gasteiger partial charge < -0.3 is 4.43 Å². The number of alkyl halides is 2. The lowest BCUT2D eigenvalue weighted by Crippen LogP contribution is -2.44. The Labute approximate surface area is 121 Å². The predicted octanol–water partition coefficient (Wildman–Crippen LogP) is 5.91. The summed E-state index contributed by atoms with van der Waals surface area (Å²) in [5.74, 6) is -0.716. The van der Waals surface area contributed by atoms with Crippen molar-refractivity contribution in [1.29, 1.82) is 0 Å². The van der Waals surface area contributed by atoms with Crippen LogP contribution in [0.5, 0.6) is 5.75 Å². The Bertz CT molecular complexity index is 470. The van der Waals surface area contributed by atoms with Crippen molar-refractivity contribution in [2.75, 3.05) is 0 Å². The van der Waals surface area contributed by atoms with Crippen molar-refractivity contribution >= 4 is 24.2 Å². The van der Waals surface area contributed by atoms with Gasteiger partial charge in [-0.2, -0.15) is 0 Å². The molecule has 6 heteroatoms. The molecule has 1 aromatic rings. The molecule has 1 nitrogen and oxygen atoms in total. The minimum atomic E-state index is -2.72. The van der Waals surface area contributed by atoms with Crippen molar-refractivity contribution in [1.82, 2.24) is 0 Å². The zero-order chi connectivity index (χ0) is 15.0. The molecular weight excluding hydrogens is 337 g/mol. The van der Waals surface area contributed by atoms with Crippen LogP contribution in [-0.4, -0.2) is 8.32 Å². The van der Waals surface area contributed by atoms with Gasteiger partial charge in [-0.3, -0.25) is 0 Å². The summed E-state index contributed by atoms with van der Waals surface area (Å²) in [4.78, 5) is 0. The van der Waals surface area contributed by atoms with Gasteiger partial charge in [0.05, 0.1) is 0 Å². The molecule has 0 bridgehead atoms. The van der Waals surface area contributed by atoms with Crippen molar-refractivity contribution < 1.29 is 17.6 Å². The topological polar surface area (TPSA) is 9.23 Å². The van der Waals surface area contributed by atoms with E-state index in [1.807, 2.05) is 33.9 Å². The fourth-order valence-corrected chi connectivity index (χ4v) is 2.73. The first-order chi connectivity index (χ1) is 8.45. The minimum Gasteiger partial charge on any atom is -0.542 e. The summed E-state index contributed by atoms with van der Waals surface area (Å²) in [7, 11) is -2.19. The van der Waals surface area contributed by atoms with Gasteiger partial charge in [-0.1, -0.05) is 36.7 Å². The highest BCUT2D eigenvalue weighted by Gasteiger charge is 2.39. The first kappa shape index (κ1) is 16.6. The Kier molecular flexibility index (Phi) is 4.78. The molecule has 0 aromatic heterocycles. The number of hydrogen-bond acceptors (Lipinski definition) is 1. The normalized spacial score (nSPS) is 12.9. The van der Waals surface area contributed by atoms with Crippen LogP contribution in [0.15, 0.2) is 16.6 Å². The summed E-state index contributed by atoms with van der Waals surface area (Å²) in [5, 5.41) is -0.0900. The van der Waals surface area contributed by atoms with Crippen LogP contribution < -0.4 is 4.43 Å². The monoisotopic (exact) mass is 354 g/mol. The van der Waals surface area contributed by atoms with E-state index in [1.54, 1.807) is 0 Å². The van der Waals surface area contributed by atoms with E-state index in [2.05, 4.69) is 15.9 Å². The number of halogens is 4. The maximum absolute atomic E-state index is 13.9. The average molecular weight is 355 g/mol. The highest BCUT2D eigenvalue weighted by Crippen LogP contribution is 2.40. The van der Waals surface area contributed by atoms with E-state index in [4.69, 9.17) is 4.43 Å². The molecule has 0 saturated carbocycles. The molecule has 0 heterocycles. The molecule has 1 aromatic carbocycles. The van der Waals surface area contributed by atoms with Gasteiger partial charge in [0.15, 0.2) is 5.82 Å². The van der Waals surface area contributed by atoms with Crippen LogP contribution in [0.4, 0.5) is 13.2 Å². The first-order valence-electron chi connectivity index (χ1n) is 5.92. The zero-order valence-corrected chi connectivity index (χ0v) is 14.2. The Morgan fingerprint density at radius 3 is 2.16 bits per heavy atom. The lowest BCUT2D eigenvalue weighted by molar-refractivity contribution is 0.150. The highest BCUT2D eigenvalue weighted by atomic mass is 79.9. The molecule has 0 atom stereocenters. The molecule has 0 amide bonds. The molecule has 0 radical (unpaired) electrons. The molecule has 0 N–H and O–H groups in total. The highest BCUT2D eigenvalue weighted by molar-refractivity contribution is 9.10. The van der Waals surface area contributed by atoms with Gasteiger partial charge in [-0.15, -0.1) is 0 Å². The summed E-state index contributed by atoms with van der Waals surface area (Å²) in [6.45, 7) is 10.0. The minimum absolute atomic E-state index is 0.0304. The van der Waals surface area contributed by atoms with Crippen molar-refractivity contribution in [3.8, 4) is 5.75 Å². The Morgan fingerprint density at radius 1 is 1.21 bits per heavy atom. The lowest BCUT2D eigenvalue weighted by Gasteiger charge is -2.36. The van der Waals surface area contributed by atoms with Gasteiger partial charge >= 0.3 is 0 Å². The van der Waals surface area contributed by atoms with Crippen LogP contribution in [0.3, 0.4) is 0 Å². The number of hydrogen-bond donors (Lipinski definition) is 0. The summed E-state index contributed by atoms with van der Waals surface area (Å²) >= 11 is 3.03. The smallest absolute Gasteiger partial charge is 0.265 e.